The van der Waals surface area contributed by atoms with Crippen LogP contribution in [0.5, 0.6) is 0 Å². The van der Waals surface area contributed by atoms with Gasteiger partial charge in [0.25, 0.3) is 0 Å². The van der Waals surface area contributed by atoms with Crippen LogP contribution in [0, 0.1) is 12.0 Å². The van der Waals surface area contributed by atoms with Crippen molar-refractivity contribution in [1.82, 2.24) is 0 Å². The highest BCUT2D eigenvalue weighted by molar-refractivity contribution is 4.88. The first-order chi connectivity index (χ1) is 3.91. The van der Waals surface area contributed by atoms with Gasteiger partial charge in [0.05, 0.1) is 0 Å². The van der Waals surface area contributed by atoms with Crippen LogP contribution in [0.25, 0.3) is 0 Å². The van der Waals surface area contributed by atoms with Gasteiger partial charge in [0.15, 0.2) is 0 Å². The van der Waals surface area contributed by atoms with E-state index in [0.717, 1.165) is 19.3 Å². The highest BCUT2D eigenvalue weighted by Crippen LogP contribution is 1.89. The summed E-state index contributed by atoms with van der Waals surface area (Å²) in [6.45, 7) is 0.715. The van der Waals surface area contributed by atoms with Crippen LogP contribution in [0.4, 0.5) is 0 Å². The number of aliphatic hydroxyl groups is 1. The van der Waals surface area contributed by atoms with Crippen LogP contribution in [0.15, 0.2) is 0 Å². The molecule has 2 heteroatoms. The van der Waals surface area contributed by atoms with Gasteiger partial charge in [-0.1, -0.05) is 5.92 Å². The summed E-state index contributed by atoms with van der Waals surface area (Å²) in [5, 5.41) is 7.97. The molecule has 0 aromatic heterocycles. The quantitative estimate of drug-likeness (QED) is 0.412. The summed E-state index contributed by atoms with van der Waals surface area (Å²) >= 11 is 0. The highest BCUT2D eigenvalue weighted by atomic mass is 16.2. The zero-order valence-electron chi connectivity index (χ0n) is 4.85. The fourth-order valence-corrected chi connectivity index (χ4v) is 0.414. The first kappa shape index (κ1) is 7.32. The largest absolute Gasteiger partial charge is 0.462 e. The molecule has 0 aliphatic carbocycles. The maximum atomic E-state index is 7.97. The van der Waals surface area contributed by atoms with Crippen LogP contribution in [-0.2, 0) is 0 Å². The van der Waals surface area contributed by atoms with Crippen molar-refractivity contribution < 1.29 is 5.11 Å². The molecule has 0 spiro atoms. The molecule has 0 aliphatic rings. The van der Waals surface area contributed by atoms with Gasteiger partial charge >= 0.3 is 0 Å². The standard InChI is InChI=1S/C6H11NO/c7-5-3-1-2-4-6-8/h8H,1-3,5,7H2. The summed E-state index contributed by atoms with van der Waals surface area (Å²) in [5.41, 5.74) is 5.20. The zero-order valence-corrected chi connectivity index (χ0v) is 4.85. The first-order valence-corrected chi connectivity index (χ1v) is 2.74. The molecule has 3 N–H and O–H groups in total. The van der Waals surface area contributed by atoms with Gasteiger partial charge in [-0.05, 0) is 19.4 Å². The topological polar surface area (TPSA) is 46.2 Å². The molecule has 8 heavy (non-hydrogen) atoms. The summed E-state index contributed by atoms with van der Waals surface area (Å²) in [6.07, 6.45) is 4.58. The number of aliphatic hydroxyl groups excluding tert-OH is 1. The van der Waals surface area contributed by atoms with Gasteiger partial charge in [0, 0.05) is 6.42 Å². The molecule has 0 aromatic carbocycles. The van der Waals surface area contributed by atoms with Crippen molar-refractivity contribution in [3.05, 3.63) is 0 Å². The van der Waals surface area contributed by atoms with Gasteiger partial charge in [0.1, 0.15) is 6.11 Å². The van der Waals surface area contributed by atoms with Crippen molar-refractivity contribution in [2.75, 3.05) is 6.54 Å². The molecule has 0 heterocycles. The lowest BCUT2D eigenvalue weighted by Crippen LogP contribution is -1.96. The van der Waals surface area contributed by atoms with Gasteiger partial charge in [-0.25, -0.2) is 0 Å². The Kier molecular flexibility index (Phi) is 5.78. The molecule has 0 saturated carbocycles. The summed E-state index contributed by atoms with van der Waals surface area (Å²) in [7, 11) is 0. The molecule has 0 fully saturated rings. The molecular weight excluding hydrogens is 102 g/mol. The Labute approximate surface area is 49.7 Å². The lowest BCUT2D eigenvalue weighted by molar-refractivity contribution is 0.515. The van der Waals surface area contributed by atoms with E-state index in [1.54, 1.807) is 0 Å². The van der Waals surface area contributed by atoms with Gasteiger partial charge < -0.3 is 10.8 Å². The molecule has 46 valence electrons. The number of hydrogen-bond donors (Lipinski definition) is 2. The molecule has 0 aliphatic heterocycles. The molecule has 2 nitrogen and oxygen atoms in total. The van der Waals surface area contributed by atoms with Crippen molar-refractivity contribution in [2.24, 2.45) is 5.73 Å². The van der Waals surface area contributed by atoms with E-state index in [2.05, 4.69) is 5.92 Å². The second-order valence-electron chi connectivity index (χ2n) is 1.53. The predicted molar refractivity (Wildman–Crippen MR) is 32.6 cm³/mol. The van der Waals surface area contributed by atoms with E-state index >= 15 is 0 Å². The van der Waals surface area contributed by atoms with E-state index in [1.165, 1.54) is 0 Å². The summed E-state index contributed by atoms with van der Waals surface area (Å²) in [5.74, 6) is 2.53. The summed E-state index contributed by atoms with van der Waals surface area (Å²) < 4.78 is 0. The highest BCUT2D eigenvalue weighted by Gasteiger charge is 1.79. The predicted octanol–water partition coefficient (Wildman–Crippen LogP) is 0.449. The fraction of sp³-hybridized carbons (Fsp3) is 0.667. The SMILES string of the molecule is NCCCCC#CO. The monoisotopic (exact) mass is 113 g/mol. The molecule has 0 amide bonds. The average molecular weight is 113 g/mol. The van der Waals surface area contributed by atoms with Crippen molar-refractivity contribution in [3.63, 3.8) is 0 Å². The molecule has 0 bridgehead atoms. The second kappa shape index (κ2) is 6.32. The van der Waals surface area contributed by atoms with Crippen LogP contribution in [0.1, 0.15) is 19.3 Å². The molecule has 0 unspecified atom stereocenters. The molecule has 0 radical (unpaired) electrons. The first-order valence-electron chi connectivity index (χ1n) is 2.74. The second-order valence-corrected chi connectivity index (χ2v) is 1.53. The Hall–Kier alpha value is -0.680. The van der Waals surface area contributed by atoms with Crippen molar-refractivity contribution in [2.45, 2.75) is 19.3 Å². The van der Waals surface area contributed by atoms with Gasteiger partial charge in [-0.3, -0.25) is 0 Å². The molecule has 0 aromatic rings. The lowest BCUT2D eigenvalue weighted by atomic mass is 10.2. The maximum Gasteiger partial charge on any atom is 0.107 e. The minimum atomic E-state index is 0.715. The van der Waals surface area contributed by atoms with E-state index in [4.69, 9.17) is 10.8 Å². The Balaban J connectivity index is 2.79. The van der Waals surface area contributed by atoms with Crippen molar-refractivity contribution in [1.29, 1.82) is 0 Å². The van der Waals surface area contributed by atoms with Crippen LogP contribution < -0.4 is 5.73 Å². The Morgan fingerprint density at radius 2 is 2.12 bits per heavy atom. The lowest BCUT2D eigenvalue weighted by Gasteiger charge is -1.86. The van der Waals surface area contributed by atoms with E-state index in [9.17, 15) is 0 Å². The van der Waals surface area contributed by atoms with E-state index in [0.29, 0.717) is 6.54 Å². The third-order valence-electron chi connectivity index (χ3n) is 0.835. The molecule has 0 atom stereocenters. The van der Waals surface area contributed by atoms with E-state index in [-0.39, 0.29) is 0 Å². The van der Waals surface area contributed by atoms with Crippen LogP contribution in [-0.4, -0.2) is 11.7 Å². The number of unbranched alkanes of at least 4 members (excludes halogenated alkanes) is 2. The zero-order chi connectivity index (χ0) is 6.24. The van der Waals surface area contributed by atoms with Crippen molar-refractivity contribution >= 4 is 0 Å². The van der Waals surface area contributed by atoms with E-state index < -0.39 is 0 Å². The molecule has 0 rings (SSSR count). The number of rotatable bonds is 3. The average Bonchev–Trinajstić information content (AvgIpc) is 1.81. The number of nitrogens with two attached hydrogens (primary N) is 1. The van der Waals surface area contributed by atoms with Gasteiger partial charge in [-0.2, -0.15) is 0 Å². The molecule has 0 saturated heterocycles. The van der Waals surface area contributed by atoms with Crippen LogP contribution in [0.2, 0.25) is 0 Å². The Morgan fingerprint density at radius 3 is 2.62 bits per heavy atom. The minimum Gasteiger partial charge on any atom is -0.462 e. The van der Waals surface area contributed by atoms with Crippen molar-refractivity contribution in [3.8, 4) is 12.0 Å². The normalized spacial score (nSPS) is 7.62. The van der Waals surface area contributed by atoms with E-state index in [1.807, 2.05) is 6.11 Å². The summed E-state index contributed by atoms with van der Waals surface area (Å²) in [6, 6.07) is 0. The fourth-order valence-electron chi connectivity index (χ4n) is 0.414. The summed E-state index contributed by atoms with van der Waals surface area (Å²) in [4.78, 5) is 0. The maximum absolute atomic E-state index is 7.97. The Morgan fingerprint density at radius 1 is 1.38 bits per heavy atom. The molecular formula is C6H11NO. The Bertz CT molecular complexity index is 90.4. The van der Waals surface area contributed by atoms with Crippen LogP contribution in [0.3, 0.4) is 0 Å². The van der Waals surface area contributed by atoms with Crippen LogP contribution >= 0.6 is 0 Å². The number of hydrogen-bond acceptors (Lipinski definition) is 2. The van der Waals surface area contributed by atoms with Gasteiger partial charge in [0.2, 0.25) is 0 Å². The van der Waals surface area contributed by atoms with Gasteiger partial charge in [-0.15, -0.1) is 0 Å². The third kappa shape index (κ3) is 5.32. The third-order valence-corrected chi connectivity index (χ3v) is 0.835. The smallest absolute Gasteiger partial charge is 0.107 e. The minimum absolute atomic E-state index is 0.715.